The number of nitrogens with one attached hydrogen (secondary N) is 1. The molecule has 0 amide bonds. The molecule has 3 heterocycles. The van der Waals surface area contributed by atoms with Gasteiger partial charge in [-0.15, -0.1) is 0 Å². The SMILES string of the molecule is S=c1[nH]nc(Cc2ccsc2)n1Cc1ccco1. The molecule has 4 nitrogen and oxygen atoms in total. The zero-order valence-electron chi connectivity index (χ0n) is 9.50. The topological polar surface area (TPSA) is 46.8 Å². The molecular weight excluding hydrogens is 266 g/mol. The Morgan fingerprint density at radius 2 is 2.39 bits per heavy atom. The molecule has 3 aromatic rings. The van der Waals surface area contributed by atoms with Crippen LogP contribution in [0, 0.1) is 4.77 Å². The number of nitrogens with zero attached hydrogens (tertiary/aromatic N) is 2. The molecule has 1 N–H and O–H groups in total. The quantitative estimate of drug-likeness (QED) is 0.745. The van der Waals surface area contributed by atoms with Crippen molar-refractivity contribution in [1.29, 1.82) is 0 Å². The summed E-state index contributed by atoms with van der Waals surface area (Å²) < 4.78 is 7.93. The number of aromatic nitrogens is 3. The Labute approximate surface area is 113 Å². The minimum absolute atomic E-state index is 0.613. The normalized spacial score (nSPS) is 10.9. The van der Waals surface area contributed by atoms with Crippen LogP contribution in [0.5, 0.6) is 0 Å². The number of rotatable bonds is 4. The number of H-pyrrole nitrogens is 1. The Balaban J connectivity index is 1.89. The van der Waals surface area contributed by atoms with Gasteiger partial charge in [-0.2, -0.15) is 16.4 Å². The average Bonchev–Trinajstić information content (AvgIpc) is 3.08. The van der Waals surface area contributed by atoms with Crippen LogP contribution in [0.2, 0.25) is 0 Å². The van der Waals surface area contributed by atoms with Gasteiger partial charge in [-0.05, 0) is 46.7 Å². The van der Waals surface area contributed by atoms with E-state index in [1.807, 2.05) is 16.7 Å². The fourth-order valence-corrected chi connectivity index (χ4v) is 2.67. The molecule has 3 rings (SSSR count). The van der Waals surface area contributed by atoms with Crippen LogP contribution in [0.15, 0.2) is 39.6 Å². The predicted molar refractivity (Wildman–Crippen MR) is 72.3 cm³/mol. The van der Waals surface area contributed by atoms with E-state index in [1.165, 1.54) is 5.56 Å². The molecular formula is C12H11N3OS2. The van der Waals surface area contributed by atoms with Gasteiger partial charge >= 0.3 is 0 Å². The van der Waals surface area contributed by atoms with E-state index in [1.54, 1.807) is 17.6 Å². The fraction of sp³-hybridized carbons (Fsp3) is 0.167. The molecule has 0 bridgehead atoms. The van der Waals surface area contributed by atoms with Crippen molar-refractivity contribution < 1.29 is 4.42 Å². The van der Waals surface area contributed by atoms with Crippen molar-refractivity contribution in [2.75, 3.05) is 0 Å². The third-order valence-corrected chi connectivity index (χ3v) is 3.72. The molecule has 3 aromatic heterocycles. The largest absolute Gasteiger partial charge is 0.467 e. The highest BCUT2D eigenvalue weighted by atomic mass is 32.1. The molecule has 6 heteroatoms. The van der Waals surface area contributed by atoms with E-state index in [9.17, 15) is 0 Å². The summed E-state index contributed by atoms with van der Waals surface area (Å²) in [6.45, 7) is 0.613. The molecule has 18 heavy (non-hydrogen) atoms. The van der Waals surface area contributed by atoms with Crippen LogP contribution in [-0.4, -0.2) is 14.8 Å². The van der Waals surface area contributed by atoms with Crippen LogP contribution in [-0.2, 0) is 13.0 Å². The van der Waals surface area contributed by atoms with Gasteiger partial charge in [0.05, 0.1) is 12.8 Å². The molecule has 0 aliphatic carbocycles. The lowest BCUT2D eigenvalue weighted by Gasteiger charge is -2.03. The minimum atomic E-state index is 0.613. The van der Waals surface area contributed by atoms with E-state index in [4.69, 9.17) is 16.6 Å². The van der Waals surface area contributed by atoms with Crippen molar-refractivity contribution in [3.63, 3.8) is 0 Å². The van der Waals surface area contributed by atoms with Gasteiger partial charge < -0.3 is 4.42 Å². The third kappa shape index (κ3) is 2.30. The first kappa shape index (κ1) is 11.4. The van der Waals surface area contributed by atoms with Crippen LogP contribution in [0.4, 0.5) is 0 Å². The standard InChI is InChI=1S/C12H11N3OS2/c17-12-14-13-11(6-9-3-5-18-8-9)15(12)7-10-2-1-4-16-10/h1-5,8H,6-7H2,(H,14,17). The van der Waals surface area contributed by atoms with Gasteiger partial charge in [0.15, 0.2) is 4.77 Å². The lowest BCUT2D eigenvalue weighted by Crippen LogP contribution is -2.05. The van der Waals surface area contributed by atoms with E-state index in [-0.39, 0.29) is 0 Å². The Morgan fingerprint density at radius 3 is 3.11 bits per heavy atom. The predicted octanol–water partition coefficient (Wildman–Crippen LogP) is 3.23. The van der Waals surface area contributed by atoms with Crippen LogP contribution < -0.4 is 0 Å². The lowest BCUT2D eigenvalue weighted by molar-refractivity contribution is 0.488. The van der Waals surface area contributed by atoms with E-state index in [0.717, 1.165) is 18.0 Å². The van der Waals surface area contributed by atoms with Gasteiger partial charge in [0, 0.05) is 6.42 Å². The van der Waals surface area contributed by atoms with Gasteiger partial charge in [-0.25, -0.2) is 0 Å². The summed E-state index contributed by atoms with van der Waals surface area (Å²) in [6, 6.07) is 5.90. The van der Waals surface area contributed by atoms with E-state index in [2.05, 4.69) is 27.0 Å². The first-order valence-corrected chi connectivity index (χ1v) is 6.85. The van der Waals surface area contributed by atoms with Crippen molar-refractivity contribution in [3.05, 3.63) is 57.1 Å². The lowest BCUT2D eigenvalue weighted by atomic mass is 10.2. The second-order valence-corrected chi connectivity index (χ2v) is 5.09. The number of aromatic amines is 1. The second-order valence-electron chi connectivity index (χ2n) is 3.92. The molecule has 0 spiro atoms. The smallest absolute Gasteiger partial charge is 0.195 e. The van der Waals surface area contributed by atoms with Gasteiger partial charge in [0.25, 0.3) is 0 Å². The summed E-state index contributed by atoms with van der Waals surface area (Å²) in [5, 5.41) is 11.3. The van der Waals surface area contributed by atoms with Crippen LogP contribution in [0.3, 0.4) is 0 Å². The van der Waals surface area contributed by atoms with E-state index >= 15 is 0 Å². The first-order chi connectivity index (χ1) is 8.83. The molecule has 0 fully saturated rings. The number of thiophene rings is 1. The van der Waals surface area contributed by atoms with Crippen LogP contribution >= 0.6 is 23.6 Å². The highest BCUT2D eigenvalue weighted by Crippen LogP contribution is 2.13. The molecule has 0 unspecified atom stereocenters. The first-order valence-electron chi connectivity index (χ1n) is 5.50. The highest BCUT2D eigenvalue weighted by Gasteiger charge is 2.09. The maximum absolute atomic E-state index is 5.35. The van der Waals surface area contributed by atoms with Crippen molar-refractivity contribution in [3.8, 4) is 0 Å². The zero-order valence-corrected chi connectivity index (χ0v) is 11.1. The van der Waals surface area contributed by atoms with Crippen LogP contribution in [0.1, 0.15) is 17.1 Å². The Kier molecular flexibility index (Phi) is 3.12. The van der Waals surface area contributed by atoms with Gasteiger partial charge in [0.2, 0.25) is 0 Å². The molecule has 0 radical (unpaired) electrons. The van der Waals surface area contributed by atoms with Gasteiger partial charge in [-0.1, -0.05) is 0 Å². The van der Waals surface area contributed by atoms with Crippen molar-refractivity contribution in [2.24, 2.45) is 0 Å². The second kappa shape index (κ2) is 4.91. The van der Waals surface area contributed by atoms with E-state index in [0.29, 0.717) is 11.3 Å². The Bertz CT molecular complexity index is 665. The van der Waals surface area contributed by atoms with Crippen LogP contribution in [0.25, 0.3) is 0 Å². The monoisotopic (exact) mass is 277 g/mol. The number of hydrogen-bond acceptors (Lipinski definition) is 4. The summed E-state index contributed by atoms with van der Waals surface area (Å²) in [7, 11) is 0. The van der Waals surface area contributed by atoms with Crippen molar-refractivity contribution >= 4 is 23.6 Å². The average molecular weight is 277 g/mol. The van der Waals surface area contributed by atoms with Gasteiger partial charge in [-0.3, -0.25) is 9.67 Å². The third-order valence-electron chi connectivity index (χ3n) is 2.67. The minimum Gasteiger partial charge on any atom is -0.467 e. The van der Waals surface area contributed by atoms with E-state index < -0.39 is 0 Å². The summed E-state index contributed by atoms with van der Waals surface area (Å²) >= 11 is 6.93. The summed E-state index contributed by atoms with van der Waals surface area (Å²) in [6.07, 6.45) is 2.44. The summed E-state index contributed by atoms with van der Waals surface area (Å²) in [4.78, 5) is 0. The maximum atomic E-state index is 5.35. The van der Waals surface area contributed by atoms with Gasteiger partial charge in [0.1, 0.15) is 11.6 Å². The number of furan rings is 1. The molecule has 0 aliphatic rings. The highest BCUT2D eigenvalue weighted by molar-refractivity contribution is 7.71. The zero-order chi connectivity index (χ0) is 12.4. The number of hydrogen-bond donors (Lipinski definition) is 1. The Morgan fingerprint density at radius 1 is 1.44 bits per heavy atom. The summed E-state index contributed by atoms with van der Waals surface area (Å²) in [5.74, 6) is 1.80. The molecule has 92 valence electrons. The molecule has 0 saturated carbocycles. The Hall–Kier alpha value is -1.66. The molecule has 0 atom stereocenters. The fourth-order valence-electron chi connectivity index (χ4n) is 1.78. The molecule has 0 aliphatic heterocycles. The molecule has 0 saturated heterocycles. The molecule has 0 aromatic carbocycles. The maximum Gasteiger partial charge on any atom is 0.195 e. The summed E-state index contributed by atoms with van der Waals surface area (Å²) in [5.41, 5.74) is 1.25. The van der Waals surface area contributed by atoms with Crippen molar-refractivity contribution in [1.82, 2.24) is 14.8 Å². The van der Waals surface area contributed by atoms with Crippen molar-refractivity contribution in [2.45, 2.75) is 13.0 Å².